The fraction of sp³-hybridized carbons (Fsp3) is 0.467. The molecule has 2 amide bonds. The van der Waals surface area contributed by atoms with E-state index in [4.69, 9.17) is 5.73 Å². The highest BCUT2D eigenvalue weighted by Gasteiger charge is 2.21. The molecule has 1 saturated heterocycles. The van der Waals surface area contributed by atoms with E-state index in [0.29, 0.717) is 19.5 Å². The number of nitrogens with zero attached hydrogens (tertiary/aromatic N) is 1. The van der Waals surface area contributed by atoms with Crippen molar-refractivity contribution in [1.82, 2.24) is 5.32 Å². The summed E-state index contributed by atoms with van der Waals surface area (Å²) in [6, 6.07) is 7.74. The summed E-state index contributed by atoms with van der Waals surface area (Å²) in [5.74, 6) is -0.0589. The van der Waals surface area contributed by atoms with Gasteiger partial charge in [-0.25, -0.2) is 0 Å². The molecule has 108 valence electrons. The summed E-state index contributed by atoms with van der Waals surface area (Å²) in [6.07, 6.45) is 1.53. The maximum atomic E-state index is 11.7. The quantitative estimate of drug-likeness (QED) is 0.842. The van der Waals surface area contributed by atoms with E-state index in [-0.39, 0.29) is 17.7 Å². The molecule has 0 spiro atoms. The van der Waals surface area contributed by atoms with Crippen molar-refractivity contribution < 1.29 is 9.59 Å². The number of carbonyl (C=O) groups excluding carboxylic acids is 2. The van der Waals surface area contributed by atoms with Crippen molar-refractivity contribution in [2.24, 2.45) is 11.7 Å². The van der Waals surface area contributed by atoms with Gasteiger partial charge in [0, 0.05) is 37.7 Å². The first-order valence-electron chi connectivity index (χ1n) is 6.99. The van der Waals surface area contributed by atoms with E-state index in [9.17, 15) is 9.59 Å². The normalized spacial score (nSPS) is 16.3. The predicted molar refractivity (Wildman–Crippen MR) is 78.1 cm³/mol. The summed E-state index contributed by atoms with van der Waals surface area (Å²) in [6.45, 7) is 3.38. The van der Waals surface area contributed by atoms with Gasteiger partial charge in [0.15, 0.2) is 0 Å². The van der Waals surface area contributed by atoms with Gasteiger partial charge in [0.25, 0.3) is 0 Å². The first-order valence-corrected chi connectivity index (χ1v) is 6.99. The van der Waals surface area contributed by atoms with Crippen LogP contribution in [-0.2, 0) is 16.1 Å². The molecule has 0 bridgehead atoms. The maximum absolute atomic E-state index is 11.7. The lowest BCUT2D eigenvalue weighted by molar-refractivity contribution is -0.124. The molecule has 1 aliphatic rings. The van der Waals surface area contributed by atoms with Gasteiger partial charge in [-0.15, -0.1) is 0 Å². The Morgan fingerprint density at radius 1 is 1.50 bits per heavy atom. The van der Waals surface area contributed by atoms with Gasteiger partial charge in [-0.3, -0.25) is 9.59 Å². The molecular weight excluding hydrogens is 254 g/mol. The molecule has 1 aliphatic heterocycles. The van der Waals surface area contributed by atoms with Gasteiger partial charge in [-0.05, 0) is 24.1 Å². The van der Waals surface area contributed by atoms with Crippen LogP contribution in [0.25, 0.3) is 0 Å². The van der Waals surface area contributed by atoms with Gasteiger partial charge in [-0.1, -0.05) is 19.1 Å². The Bertz CT molecular complexity index is 502. The van der Waals surface area contributed by atoms with E-state index >= 15 is 0 Å². The third-order valence-corrected chi connectivity index (χ3v) is 3.56. The van der Waals surface area contributed by atoms with Crippen LogP contribution in [0.1, 0.15) is 25.3 Å². The standard InChI is InChI=1S/C15H21N3O2/c1-11(9-16)15(20)17-10-12-4-2-5-13(8-12)18-7-3-6-14(18)19/h2,4-5,8,11H,3,6-7,9-10,16H2,1H3,(H,17,20). The van der Waals surface area contributed by atoms with E-state index in [0.717, 1.165) is 24.2 Å². The molecule has 1 aromatic rings. The van der Waals surface area contributed by atoms with Crippen molar-refractivity contribution >= 4 is 17.5 Å². The number of nitrogens with two attached hydrogens (primary N) is 1. The molecule has 1 aromatic carbocycles. The zero-order valence-corrected chi connectivity index (χ0v) is 11.8. The molecule has 1 heterocycles. The number of benzene rings is 1. The summed E-state index contributed by atoms with van der Waals surface area (Å²) < 4.78 is 0. The summed E-state index contributed by atoms with van der Waals surface area (Å²) in [4.78, 5) is 25.2. The molecule has 1 unspecified atom stereocenters. The van der Waals surface area contributed by atoms with Crippen LogP contribution in [0, 0.1) is 5.92 Å². The Morgan fingerprint density at radius 3 is 2.95 bits per heavy atom. The highest BCUT2D eigenvalue weighted by Crippen LogP contribution is 2.22. The third kappa shape index (κ3) is 3.36. The third-order valence-electron chi connectivity index (χ3n) is 3.56. The van der Waals surface area contributed by atoms with Crippen LogP contribution in [0.15, 0.2) is 24.3 Å². The zero-order valence-electron chi connectivity index (χ0n) is 11.8. The second-order valence-corrected chi connectivity index (χ2v) is 5.17. The molecule has 0 aromatic heterocycles. The number of hydrogen-bond donors (Lipinski definition) is 2. The van der Waals surface area contributed by atoms with Crippen LogP contribution in [0.5, 0.6) is 0 Å². The van der Waals surface area contributed by atoms with Gasteiger partial charge in [-0.2, -0.15) is 0 Å². The molecule has 1 atom stereocenters. The smallest absolute Gasteiger partial charge is 0.227 e. The summed E-state index contributed by atoms with van der Waals surface area (Å²) in [5.41, 5.74) is 7.35. The summed E-state index contributed by atoms with van der Waals surface area (Å²) in [7, 11) is 0. The first kappa shape index (κ1) is 14.5. The van der Waals surface area contributed by atoms with Crippen molar-refractivity contribution in [1.29, 1.82) is 0 Å². The van der Waals surface area contributed by atoms with Gasteiger partial charge in [0.05, 0.1) is 0 Å². The molecule has 20 heavy (non-hydrogen) atoms. The molecule has 5 nitrogen and oxygen atoms in total. The minimum Gasteiger partial charge on any atom is -0.352 e. The minimum atomic E-state index is -0.182. The Labute approximate surface area is 119 Å². The predicted octanol–water partition coefficient (Wildman–Crippen LogP) is 1.02. The molecule has 0 aliphatic carbocycles. The number of hydrogen-bond acceptors (Lipinski definition) is 3. The van der Waals surface area contributed by atoms with Crippen LogP contribution in [0.3, 0.4) is 0 Å². The monoisotopic (exact) mass is 275 g/mol. The van der Waals surface area contributed by atoms with Crippen molar-refractivity contribution in [3.05, 3.63) is 29.8 Å². The first-order chi connectivity index (χ1) is 9.61. The lowest BCUT2D eigenvalue weighted by Gasteiger charge is -2.17. The molecule has 1 fully saturated rings. The van der Waals surface area contributed by atoms with Gasteiger partial charge in [0.2, 0.25) is 11.8 Å². The van der Waals surface area contributed by atoms with Crippen LogP contribution < -0.4 is 16.0 Å². The second-order valence-electron chi connectivity index (χ2n) is 5.17. The number of rotatable bonds is 5. The Hall–Kier alpha value is -1.88. The fourth-order valence-electron chi connectivity index (χ4n) is 2.23. The van der Waals surface area contributed by atoms with Gasteiger partial charge < -0.3 is 16.0 Å². The lowest BCUT2D eigenvalue weighted by atomic mass is 10.1. The number of anilines is 1. The molecule has 5 heteroatoms. The van der Waals surface area contributed by atoms with Crippen LogP contribution >= 0.6 is 0 Å². The average molecular weight is 275 g/mol. The maximum Gasteiger partial charge on any atom is 0.227 e. The van der Waals surface area contributed by atoms with Crippen molar-refractivity contribution in [3.63, 3.8) is 0 Å². The highest BCUT2D eigenvalue weighted by atomic mass is 16.2. The van der Waals surface area contributed by atoms with Crippen molar-refractivity contribution in [2.75, 3.05) is 18.0 Å². The molecule has 0 saturated carbocycles. The van der Waals surface area contributed by atoms with E-state index < -0.39 is 0 Å². The lowest BCUT2D eigenvalue weighted by Crippen LogP contribution is -2.32. The largest absolute Gasteiger partial charge is 0.352 e. The average Bonchev–Trinajstić information content (AvgIpc) is 2.90. The van der Waals surface area contributed by atoms with Crippen LogP contribution in [0.4, 0.5) is 5.69 Å². The van der Waals surface area contributed by atoms with Crippen LogP contribution in [-0.4, -0.2) is 24.9 Å². The summed E-state index contributed by atoms with van der Waals surface area (Å²) >= 11 is 0. The van der Waals surface area contributed by atoms with Crippen molar-refractivity contribution in [3.8, 4) is 0 Å². The Kier molecular flexibility index (Phi) is 4.74. The van der Waals surface area contributed by atoms with E-state index in [1.807, 2.05) is 24.3 Å². The van der Waals surface area contributed by atoms with E-state index in [1.54, 1.807) is 11.8 Å². The number of amides is 2. The summed E-state index contributed by atoms with van der Waals surface area (Å²) in [5, 5.41) is 2.86. The SMILES string of the molecule is CC(CN)C(=O)NCc1cccc(N2CCCC2=O)c1. The number of carbonyl (C=O) groups is 2. The Balaban J connectivity index is 1.99. The zero-order chi connectivity index (χ0) is 14.5. The molecular formula is C15H21N3O2. The number of nitrogens with one attached hydrogen (secondary N) is 1. The molecule has 2 rings (SSSR count). The van der Waals surface area contributed by atoms with Gasteiger partial charge >= 0.3 is 0 Å². The minimum absolute atomic E-state index is 0.0462. The van der Waals surface area contributed by atoms with Crippen molar-refractivity contribution in [2.45, 2.75) is 26.3 Å². The topological polar surface area (TPSA) is 75.4 Å². The molecule has 3 N–H and O–H groups in total. The molecule has 0 radical (unpaired) electrons. The van der Waals surface area contributed by atoms with E-state index in [2.05, 4.69) is 5.32 Å². The van der Waals surface area contributed by atoms with Gasteiger partial charge in [0.1, 0.15) is 0 Å². The van der Waals surface area contributed by atoms with Crippen LogP contribution in [0.2, 0.25) is 0 Å². The Morgan fingerprint density at radius 2 is 2.30 bits per heavy atom. The fourth-order valence-corrected chi connectivity index (χ4v) is 2.23. The van der Waals surface area contributed by atoms with E-state index in [1.165, 1.54) is 0 Å². The second kappa shape index (κ2) is 6.52. The highest BCUT2D eigenvalue weighted by molar-refractivity contribution is 5.95.